The summed E-state index contributed by atoms with van der Waals surface area (Å²) < 4.78 is 4.66. The molecule has 0 bridgehead atoms. The van der Waals surface area contributed by atoms with Crippen molar-refractivity contribution in [3.05, 3.63) is 47.5 Å². The van der Waals surface area contributed by atoms with Crippen LogP contribution in [0.3, 0.4) is 0 Å². The Labute approximate surface area is 105 Å². The quantitative estimate of drug-likeness (QED) is 0.820. The van der Waals surface area contributed by atoms with Gasteiger partial charge in [-0.05, 0) is 35.0 Å². The van der Waals surface area contributed by atoms with Gasteiger partial charge in [0.1, 0.15) is 0 Å². The highest BCUT2D eigenvalue weighted by atomic mass is 16.5. The number of hydrogen-bond acceptors (Lipinski definition) is 3. The van der Waals surface area contributed by atoms with Gasteiger partial charge in [0.2, 0.25) is 0 Å². The van der Waals surface area contributed by atoms with Crippen molar-refractivity contribution in [2.75, 3.05) is 14.2 Å². The normalized spacial score (nSPS) is 10.1. The monoisotopic (exact) mass is 243 g/mol. The van der Waals surface area contributed by atoms with E-state index in [2.05, 4.69) is 10.1 Å². The second kappa shape index (κ2) is 4.87. The van der Waals surface area contributed by atoms with Gasteiger partial charge in [-0.15, -0.1) is 0 Å². The predicted octanol–water partition coefficient (Wildman–Crippen LogP) is 1.99. The highest BCUT2D eigenvalue weighted by Crippen LogP contribution is 2.18. The van der Waals surface area contributed by atoms with Gasteiger partial charge >= 0.3 is 5.97 Å². The zero-order valence-corrected chi connectivity index (χ0v) is 10.2. The van der Waals surface area contributed by atoms with Crippen LogP contribution in [0.4, 0.5) is 0 Å². The molecule has 0 aromatic heterocycles. The first-order chi connectivity index (χ1) is 8.65. The molecule has 0 unspecified atom stereocenters. The number of carbonyl (C=O) groups is 2. The Morgan fingerprint density at radius 1 is 1.00 bits per heavy atom. The summed E-state index contributed by atoms with van der Waals surface area (Å²) in [4.78, 5) is 22.9. The lowest BCUT2D eigenvalue weighted by Gasteiger charge is -2.04. The number of benzene rings is 2. The molecule has 4 nitrogen and oxygen atoms in total. The van der Waals surface area contributed by atoms with Gasteiger partial charge in [0, 0.05) is 12.6 Å². The van der Waals surface area contributed by atoms with Crippen LogP contribution in [0, 0.1) is 0 Å². The van der Waals surface area contributed by atoms with Crippen molar-refractivity contribution in [3.8, 4) is 0 Å². The van der Waals surface area contributed by atoms with Crippen LogP contribution in [0.5, 0.6) is 0 Å². The molecule has 2 aromatic rings. The van der Waals surface area contributed by atoms with Crippen LogP contribution >= 0.6 is 0 Å². The molecule has 0 atom stereocenters. The lowest BCUT2D eigenvalue weighted by atomic mass is 10.0. The smallest absolute Gasteiger partial charge is 0.337 e. The van der Waals surface area contributed by atoms with Crippen molar-refractivity contribution in [2.24, 2.45) is 0 Å². The molecule has 1 N–H and O–H groups in total. The molecule has 0 aliphatic heterocycles. The molecular formula is C14H13NO3. The second-order valence-electron chi connectivity index (χ2n) is 3.85. The topological polar surface area (TPSA) is 55.4 Å². The van der Waals surface area contributed by atoms with Crippen LogP contribution in [0.2, 0.25) is 0 Å². The van der Waals surface area contributed by atoms with Crippen molar-refractivity contribution < 1.29 is 14.3 Å². The summed E-state index contributed by atoms with van der Waals surface area (Å²) in [6, 6.07) is 10.6. The fourth-order valence-corrected chi connectivity index (χ4v) is 1.78. The lowest BCUT2D eigenvalue weighted by molar-refractivity contribution is 0.0600. The summed E-state index contributed by atoms with van der Waals surface area (Å²) in [5.74, 6) is -0.499. The van der Waals surface area contributed by atoms with Crippen molar-refractivity contribution in [2.45, 2.75) is 0 Å². The minimum atomic E-state index is -0.368. The first-order valence-electron chi connectivity index (χ1n) is 5.50. The molecule has 0 saturated carbocycles. The van der Waals surface area contributed by atoms with Crippen molar-refractivity contribution >= 4 is 22.6 Å². The van der Waals surface area contributed by atoms with E-state index in [4.69, 9.17) is 0 Å². The Bertz CT molecular complexity index is 564. The van der Waals surface area contributed by atoms with E-state index in [1.165, 1.54) is 7.11 Å². The van der Waals surface area contributed by atoms with Gasteiger partial charge in [-0.2, -0.15) is 0 Å². The number of ether oxygens (including phenoxy) is 1. The Kier molecular flexibility index (Phi) is 3.28. The molecule has 1 amide bonds. The molecule has 4 heteroatoms. The SMILES string of the molecule is CNC(=O)c1ccc2cc(C(=O)OC)ccc2c1. The molecule has 0 aliphatic carbocycles. The summed E-state index contributed by atoms with van der Waals surface area (Å²) in [5, 5.41) is 4.37. The van der Waals surface area contributed by atoms with Crippen molar-refractivity contribution in [3.63, 3.8) is 0 Å². The summed E-state index contributed by atoms with van der Waals surface area (Å²) >= 11 is 0. The molecule has 18 heavy (non-hydrogen) atoms. The second-order valence-corrected chi connectivity index (χ2v) is 3.85. The van der Waals surface area contributed by atoms with Crippen molar-refractivity contribution in [1.82, 2.24) is 5.32 Å². The molecule has 0 radical (unpaired) electrons. The summed E-state index contributed by atoms with van der Waals surface area (Å²) in [7, 11) is 2.94. The minimum Gasteiger partial charge on any atom is -0.465 e. The Balaban J connectivity index is 2.48. The fraction of sp³-hybridized carbons (Fsp3) is 0.143. The van der Waals surface area contributed by atoms with Gasteiger partial charge in [0.15, 0.2) is 0 Å². The highest BCUT2D eigenvalue weighted by molar-refractivity contribution is 6.00. The van der Waals surface area contributed by atoms with Crippen LogP contribution in [0.25, 0.3) is 10.8 Å². The number of nitrogens with one attached hydrogen (secondary N) is 1. The van der Waals surface area contributed by atoms with Crippen LogP contribution < -0.4 is 5.32 Å². The third-order valence-corrected chi connectivity index (χ3v) is 2.75. The van der Waals surface area contributed by atoms with Gasteiger partial charge in [0.05, 0.1) is 12.7 Å². The number of esters is 1. The van der Waals surface area contributed by atoms with E-state index in [1.54, 1.807) is 37.4 Å². The standard InChI is InChI=1S/C14H13NO3/c1-15-13(16)11-5-3-10-8-12(14(17)18-2)6-4-9(10)7-11/h3-8H,1-2H3,(H,15,16). The molecule has 0 saturated heterocycles. The van der Waals surface area contributed by atoms with E-state index in [1.807, 2.05) is 6.07 Å². The maximum atomic E-state index is 11.5. The molecule has 2 aromatic carbocycles. The number of hydrogen-bond donors (Lipinski definition) is 1. The van der Waals surface area contributed by atoms with Crippen LogP contribution in [-0.4, -0.2) is 26.0 Å². The maximum Gasteiger partial charge on any atom is 0.337 e. The van der Waals surface area contributed by atoms with E-state index in [-0.39, 0.29) is 11.9 Å². The highest BCUT2D eigenvalue weighted by Gasteiger charge is 2.08. The molecule has 0 aliphatic rings. The number of amides is 1. The summed E-state index contributed by atoms with van der Waals surface area (Å²) in [6.07, 6.45) is 0. The van der Waals surface area contributed by atoms with E-state index >= 15 is 0 Å². The van der Waals surface area contributed by atoms with Gasteiger partial charge in [-0.3, -0.25) is 4.79 Å². The van der Waals surface area contributed by atoms with Gasteiger partial charge in [0.25, 0.3) is 5.91 Å². The third kappa shape index (κ3) is 2.18. The molecule has 0 spiro atoms. The molecule has 2 rings (SSSR count). The summed E-state index contributed by atoms with van der Waals surface area (Å²) in [5.41, 5.74) is 1.09. The van der Waals surface area contributed by atoms with Crippen molar-refractivity contribution in [1.29, 1.82) is 0 Å². The largest absolute Gasteiger partial charge is 0.465 e. The van der Waals surface area contributed by atoms with Gasteiger partial charge in [-0.1, -0.05) is 12.1 Å². The molecule has 92 valence electrons. The van der Waals surface area contributed by atoms with Gasteiger partial charge < -0.3 is 10.1 Å². The zero-order valence-electron chi connectivity index (χ0n) is 10.2. The Morgan fingerprint density at radius 2 is 1.56 bits per heavy atom. The summed E-state index contributed by atoms with van der Waals surface area (Å²) in [6.45, 7) is 0. The molecule has 0 fully saturated rings. The van der Waals surface area contributed by atoms with E-state index in [0.29, 0.717) is 11.1 Å². The zero-order chi connectivity index (χ0) is 13.1. The third-order valence-electron chi connectivity index (χ3n) is 2.75. The van der Waals surface area contributed by atoms with Crippen LogP contribution in [-0.2, 0) is 4.74 Å². The maximum absolute atomic E-state index is 11.5. The van der Waals surface area contributed by atoms with Crippen LogP contribution in [0.1, 0.15) is 20.7 Å². The van der Waals surface area contributed by atoms with E-state index < -0.39 is 0 Å². The van der Waals surface area contributed by atoms with E-state index in [0.717, 1.165) is 10.8 Å². The predicted molar refractivity (Wildman–Crippen MR) is 68.7 cm³/mol. The number of methoxy groups -OCH3 is 1. The van der Waals surface area contributed by atoms with E-state index in [9.17, 15) is 9.59 Å². The van der Waals surface area contributed by atoms with Crippen LogP contribution in [0.15, 0.2) is 36.4 Å². The molecule has 0 heterocycles. The molecular weight excluding hydrogens is 230 g/mol. The number of fused-ring (bicyclic) bond motifs is 1. The number of carbonyl (C=O) groups excluding carboxylic acids is 2. The van der Waals surface area contributed by atoms with Gasteiger partial charge in [-0.25, -0.2) is 4.79 Å². The lowest BCUT2D eigenvalue weighted by Crippen LogP contribution is -2.17. The average Bonchev–Trinajstić information content (AvgIpc) is 2.44. The first-order valence-corrected chi connectivity index (χ1v) is 5.50. The average molecular weight is 243 g/mol. The first kappa shape index (κ1) is 12.1. The Morgan fingerprint density at radius 3 is 2.11 bits per heavy atom. The number of rotatable bonds is 2. The Hall–Kier alpha value is -2.36. The fourth-order valence-electron chi connectivity index (χ4n) is 1.78. The minimum absolute atomic E-state index is 0.131.